The Labute approximate surface area is 113 Å². The number of rotatable bonds is 4. The van der Waals surface area contributed by atoms with Gasteiger partial charge in [-0.15, -0.1) is 0 Å². The van der Waals surface area contributed by atoms with Gasteiger partial charge in [-0.3, -0.25) is 0 Å². The third-order valence-electron chi connectivity index (χ3n) is 3.79. The smallest absolute Gasteiger partial charge is 0.243 e. The average molecular weight is 257 g/mol. The minimum Gasteiger partial charge on any atom is -0.338 e. The average Bonchev–Trinajstić information content (AvgIpc) is 3.11. The number of benzene rings is 1. The van der Waals surface area contributed by atoms with E-state index < -0.39 is 0 Å². The van der Waals surface area contributed by atoms with Crippen molar-refractivity contribution in [1.82, 2.24) is 10.1 Å². The fourth-order valence-corrected chi connectivity index (χ4v) is 2.70. The number of nitrogens with two attached hydrogens (primary N) is 1. The zero-order chi connectivity index (χ0) is 13.1. The summed E-state index contributed by atoms with van der Waals surface area (Å²) in [4.78, 5) is 4.49. The van der Waals surface area contributed by atoms with E-state index in [9.17, 15) is 0 Å². The summed E-state index contributed by atoms with van der Waals surface area (Å²) in [6.07, 6.45) is 5.61. The quantitative estimate of drug-likeness (QED) is 0.914. The van der Waals surface area contributed by atoms with Crippen LogP contribution in [0.4, 0.5) is 0 Å². The van der Waals surface area contributed by atoms with Gasteiger partial charge in [0, 0.05) is 5.92 Å². The van der Waals surface area contributed by atoms with Crippen LogP contribution < -0.4 is 5.73 Å². The Balaban J connectivity index is 1.68. The van der Waals surface area contributed by atoms with E-state index in [-0.39, 0.29) is 6.04 Å². The van der Waals surface area contributed by atoms with E-state index in [0.717, 1.165) is 12.2 Å². The van der Waals surface area contributed by atoms with Crippen molar-refractivity contribution in [3.63, 3.8) is 0 Å². The monoisotopic (exact) mass is 257 g/mol. The van der Waals surface area contributed by atoms with Crippen molar-refractivity contribution >= 4 is 0 Å². The Bertz CT molecular complexity index is 517. The van der Waals surface area contributed by atoms with Gasteiger partial charge in [0.25, 0.3) is 0 Å². The van der Waals surface area contributed by atoms with E-state index in [1.807, 2.05) is 18.2 Å². The molecule has 1 atom stereocenters. The van der Waals surface area contributed by atoms with Gasteiger partial charge in [0.2, 0.25) is 5.89 Å². The van der Waals surface area contributed by atoms with E-state index in [2.05, 4.69) is 22.3 Å². The zero-order valence-corrected chi connectivity index (χ0v) is 11.0. The lowest BCUT2D eigenvalue weighted by molar-refractivity contribution is 0.347. The first kappa shape index (κ1) is 12.4. The fourth-order valence-electron chi connectivity index (χ4n) is 2.70. The summed E-state index contributed by atoms with van der Waals surface area (Å²) in [5.74, 6) is 1.88. The van der Waals surface area contributed by atoms with Gasteiger partial charge in [-0.05, 0) is 24.8 Å². The molecule has 1 aliphatic rings. The van der Waals surface area contributed by atoms with E-state index >= 15 is 0 Å². The highest BCUT2D eigenvalue weighted by Gasteiger charge is 2.24. The molecule has 3 rings (SSSR count). The van der Waals surface area contributed by atoms with Crippen molar-refractivity contribution in [2.45, 2.75) is 44.1 Å². The Kier molecular flexibility index (Phi) is 3.60. The molecule has 19 heavy (non-hydrogen) atoms. The predicted molar refractivity (Wildman–Crippen MR) is 72.6 cm³/mol. The summed E-state index contributed by atoms with van der Waals surface area (Å²) in [5, 5.41) is 4.09. The third-order valence-corrected chi connectivity index (χ3v) is 3.79. The normalized spacial score (nSPS) is 17.7. The molecule has 1 aromatic carbocycles. The molecule has 4 heteroatoms. The van der Waals surface area contributed by atoms with Crippen molar-refractivity contribution in [3.05, 3.63) is 47.6 Å². The van der Waals surface area contributed by atoms with Gasteiger partial charge in [0.1, 0.15) is 0 Å². The maximum absolute atomic E-state index is 6.14. The molecule has 0 bridgehead atoms. The van der Waals surface area contributed by atoms with Crippen LogP contribution in [0.5, 0.6) is 0 Å². The van der Waals surface area contributed by atoms with Gasteiger partial charge in [-0.1, -0.05) is 48.3 Å². The highest BCUT2D eigenvalue weighted by atomic mass is 16.5. The molecule has 1 heterocycles. The molecule has 0 amide bonds. The molecule has 1 saturated carbocycles. The molecule has 0 radical (unpaired) electrons. The summed E-state index contributed by atoms with van der Waals surface area (Å²) in [6.45, 7) is 0. The minimum atomic E-state index is -0.218. The topological polar surface area (TPSA) is 64.9 Å². The van der Waals surface area contributed by atoms with Gasteiger partial charge in [0.15, 0.2) is 5.82 Å². The standard InChI is InChI=1S/C15H19N3O/c16-13(10-11-6-2-1-3-7-11)15-17-14(18-19-15)12-8-4-5-9-12/h1-3,6-7,12-13H,4-5,8-10,16H2. The van der Waals surface area contributed by atoms with E-state index in [1.54, 1.807) is 0 Å². The van der Waals surface area contributed by atoms with Gasteiger partial charge in [0.05, 0.1) is 6.04 Å². The lowest BCUT2D eigenvalue weighted by atomic mass is 10.1. The lowest BCUT2D eigenvalue weighted by Crippen LogP contribution is -2.14. The van der Waals surface area contributed by atoms with Crippen molar-refractivity contribution in [3.8, 4) is 0 Å². The van der Waals surface area contributed by atoms with Crippen LogP contribution in [0.3, 0.4) is 0 Å². The zero-order valence-electron chi connectivity index (χ0n) is 11.0. The second-order valence-electron chi connectivity index (χ2n) is 5.27. The summed E-state index contributed by atoms with van der Waals surface area (Å²) >= 11 is 0. The van der Waals surface area contributed by atoms with Crippen LogP contribution in [0.25, 0.3) is 0 Å². The molecule has 1 fully saturated rings. The molecular formula is C15H19N3O. The minimum absolute atomic E-state index is 0.218. The number of aromatic nitrogens is 2. The first-order chi connectivity index (χ1) is 9.33. The van der Waals surface area contributed by atoms with Gasteiger partial charge in [-0.2, -0.15) is 4.98 Å². The third kappa shape index (κ3) is 2.84. The SMILES string of the molecule is NC(Cc1ccccc1)c1nc(C2CCCC2)no1. The summed E-state index contributed by atoms with van der Waals surface area (Å²) in [7, 11) is 0. The second-order valence-corrected chi connectivity index (χ2v) is 5.27. The predicted octanol–water partition coefficient (Wildman–Crippen LogP) is 2.97. The number of hydrogen-bond donors (Lipinski definition) is 1. The van der Waals surface area contributed by atoms with Crippen LogP contribution in [0, 0.1) is 0 Å². The molecule has 0 saturated heterocycles. The molecule has 0 aliphatic heterocycles. The summed E-state index contributed by atoms with van der Waals surface area (Å²) in [6, 6.07) is 9.94. The molecule has 1 aromatic heterocycles. The van der Waals surface area contributed by atoms with E-state index in [0.29, 0.717) is 11.8 Å². The number of nitrogens with zero attached hydrogens (tertiary/aromatic N) is 2. The molecule has 0 spiro atoms. The molecule has 4 nitrogen and oxygen atoms in total. The van der Waals surface area contributed by atoms with Gasteiger partial charge >= 0.3 is 0 Å². The van der Waals surface area contributed by atoms with E-state index in [1.165, 1.54) is 31.2 Å². The van der Waals surface area contributed by atoms with Crippen molar-refractivity contribution in [1.29, 1.82) is 0 Å². The molecule has 1 unspecified atom stereocenters. The highest BCUT2D eigenvalue weighted by Crippen LogP contribution is 2.32. The molecule has 1 aliphatic carbocycles. The Morgan fingerprint density at radius 1 is 1.21 bits per heavy atom. The summed E-state index contributed by atoms with van der Waals surface area (Å²) < 4.78 is 5.32. The van der Waals surface area contributed by atoms with Crippen LogP contribution in [0.1, 0.15) is 54.9 Å². The highest BCUT2D eigenvalue weighted by molar-refractivity contribution is 5.16. The molecular weight excluding hydrogens is 238 g/mol. The fraction of sp³-hybridized carbons (Fsp3) is 0.467. The van der Waals surface area contributed by atoms with Crippen molar-refractivity contribution in [2.24, 2.45) is 5.73 Å². The molecule has 2 N–H and O–H groups in total. The lowest BCUT2D eigenvalue weighted by Gasteiger charge is -2.06. The maximum atomic E-state index is 6.14. The number of hydrogen-bond acceptors (Lipinski definition) is 4. The second kappa shape index (κ2) is 5.53. The Morgan fingerprint density at radius 3 is 2.68 bits per heavy atom. The molecule has 2 aromatic rings. The van der Waals surface area contributed by atoms with Crippen molar-refractivity contribution in [2.75, 3.05) is 0 Å². The first-order valence-electron chi connectivity index (χ1n) is 6.96. The van der Waals surface area contributed by atoms with E-state index in [4.69, 9.17) is 10.3 Å². The summed E-state index contributed by atoms with van der Waals surface area (Å²) in [5.41, 5.74) is 7.33. The van der Waals surface area contributed by atoms with Gasteiger partial charge in [-0.25, -0.2) is 0 Å². The van der Waals surface area contributed by atoms with Gasteiger partial charge < -0.3 is 10.3 Å². The van der Waals surface area contributed by atoms with Crippen LogP contribution in [0.15, 0.2) is 34.9 Å². The van der Waals surface area contributed by atoms with Crippen LogP contribution in [-0.4, -0.2) is 10.1 Å². The van der Waals surface area contributed by atoms with Crippen LogP contribution in [0.2, 0.25) is 0 Å². The van der Waals surface area contributed by atoms with Crippen LogP contribution >= 0.6 is 0 Å². The Hall–Kier alpha value is -1.68. The largest absolute Gasteiger partial charge is 0.338 e. The Morgan fingerprint density at radius 2 is 1.95 bits per heavy atom. The first-order valence-corrected chi connectivity index (χ1v) is 6.96. The van der Waals surface area contributed by atoms with Crippen molar-refractivity contribution < 1.29 is 4.52 Å². The molecule has 100 valence electrons. The maximum Gasteiger partial charge on any atom is 0.243 e. The van der Waals surface area contributed by atoms with Crippen LogP contribution in [-0.2, 0) is 6.42 Å².